The molecule has 0 aliphatic heterocycles. The highest BCUT2D eigenvalue weighted by Gasteiger charge is 2.17. The Kier molecular flexibility index (Phi) is 7.05. The second-order valence-electron chi connectivity index (χ2n) is 8.87. The molecular weight excluding hydrogens is 432 g/mol. The SMILES string of the molecule is C=C.c1ccc(-c2cc3ccccc3c(CCc3cccc4ccccc34)c2-c2ccccc2)cc1. The van der Waals surface area contributed by atoms with Crippen LogP contribution < -0.4 is 0 Å². The Balaban J connectivity index is 0.00000130. The minimum atomic E-state index is 0.986. The quantitative estimate of drug-likeness (QED) is 0.224. The maximum atomic E-state index is 3.00. The average Bonchev–Trinajstić information content (AvgIpc) is 2.97. The summed E-state index contributed by atoms with van der Waals surface area (Å²) in [6.07, 6.45) is 1.99. The van der Waals surface area contributed by atoms with Gasteiger partial charge < -0.3 is 0 Å². The minimum Gasteiger partial charge on any atom is -0.106 e. The number of hydrogen-bond acceptors (Lipinski definition) is 0. The van der Waals surface area contributed by atoms with Crippen molar-refractivity contribution in [3.05, 3.63) is 158 Å². The molecule has 0 unspecified atom stereocenters. The molecule has 174 valence electrons. The van der Waals surface area contributed by atoms with E-state index in [0.29, 0.717) is 0 Å². The minimum absolute atomic E-state index is 0.986. The molecule has 0 spiro atoms. The third-order valence-electron chi connectivity index (χ3n) is 6.83. The molecule has 0 saturated carbocycles. The third-order valence-corrected chi connectivity index (χ3v) is 6.83. The molecule has 0 aliphatic rings. The lowest BCUT2D eigenvalue weighted by Gasteiger charge is -2.19. The zero-order valence-electron chi connectivity index (χ0n) is 20.5. The van der Waals surface area contributed by atoms with E-state index in [1.54, 1.807) is 0 Å². The highest BCUT2D eigenvalue weighted by atomic mass is 14.2. The standard InChI is InChI=1S/C34H26.C2H4/c1-3-12-26(13-4-1)33-24-29-17-8-10-21-31(29)32(34(33)28-15-5-2-6-16-28)23-22-27-19-11-18-25-14-7-9-20-30(25)27;1-2/h1-21,24H,22-23H2;1-2H2. The molecule has 0 atom stereocenters. The van der Waals surface area contributed by atoms with Crippen molar-refractivity contribution in [3.8, 4) is 22.3 Å². The topological polar surface area (TPSA) is 0 Å². The largest absolute Gasteiger partial charge is 0.106 e. The van der Waals surface area contributed by atoms with Crippen molar-refractivity contribution in [2.24, 2.45) is 0 Å². The van der Waals surface area contributed by atoms with E-state index in [9.17, 15) is 0 Å². The first-order valence-corrected chi connectivity index (χ1v) is 12.5. The van der Waals surface area contributed by atoms with Crippen LogP contribution in [0, 0.1) is 0 Å². The highest BCUT2D eigenvalue weighted by Crippen LogP contribution is 2.40. The van der Waals surface area contributed by atoms with Gasteiger partial charge in [-0.25, -0.2) is 0 Å². The van der Waals surface area contributed by atoms with Gasteiger partial charge in [0.15, 0.2) is 0 Å². The van der Waals surface area contributed by atoms with Gasteiger partial charge in [-0.3, -0.25) is 0 Å². The first-order chi connectivity index (χ1) is 17.9. The van der Waals surface area contributed by atoms with Crippen LogP contribution in [-0.4, -0.2) is 0 Å². The van der Waals surface area contributed by atoms with E-state index in [2.05, 4.69) is 147 Å². The maximum absolute atomic E-state index is 3.00. The summed E-state index contributed by atoms with van der Waals surface area (Å²) in [4.78, 5) is 0. The average molecular weight is 463 g/mol. The summed E-state index contributed by atoms with van der Waals surface area (Å²) in [7, 11) is 0. The molecule has 6 aromatic rings. The van der Waals surface area contributed by atoms with Crippen molar-refractivity contribution in [1.29, 1.82) is 0 Å². The summed E-state index contributed by atoms with van der Waals surface area (Å²) in [5, 5.41) is 5.32. The Bertz CT molecular complexity index is 1590. The van der Waals surface area contributed by atoms with Gasteiger partial charge in [0.25, 0.3) is 0 Å². The Morgan fingerprint density at radius 1 is 0.444 bits per heavy atom. The monoisotopic (exact) mass is 462 g/mol. The maximum Gasteiger partial charge on any atom is -0.00668 e. The summed E-state index contributed by atoms with van der Waals surface area (Å²) >= 11 is 0. The van der Waals surface area contributed by atoms with E-state index in [-0.39, 0.29) is 0 Å². The molecule has 0 radical (unpaired) electrons. The lowest BCUT2D eigenvalue weighted by Crippen LogP contribution is -1.99. The van der Waals surface area contributed by atoms with Crippen LogP contribution in [0.1, 0.15) is 11.1 Å². The van der Waals surface area contributed by atoms with Crippen LogP contribution in [0.4, 0.5) is 0 Å². The molecule has 0 N–H and O–H groups in total. The second-order valence-corrected chi connectivity index (χ2v) is 8.87. The fourth-order valence-electron chi connectivity index (χ4n) is 5.23. The van der Waals surface area contributed by atoms with E-state index in [1.165, 1.54) is 54.9 Å². The van der Waals surface area contributed by atoms with Crippen LogP contribution in [0.5, 0.6) is 0 Å². The number of aryl methyl sites for hydroxylation is 2. The van der Waals surface area contributed by atoms with Crippen LogP contribution in [-0.2, 0) is 12.8 Å². The molecule has 36 heavy (non-hydrogen) atoms. The Labute approximate surface area is 214 Å². The van der Waals surface area contributed by atoms with Gasteiger partial charge in [-0.15, -0.1) is 13.2 Å². The van der Waals surface area contributed by atoms with E-state index in [1.807, 2.05) is 0 Å². The van der Waals surface area contributed by atoms with Gasteiger partial charge in [0.2, 0.25) is 0 Å². The first-order valence-electron chi connectivity index (χ1n) is 12.5. The van der Waals surface area contributed by atoms with E-state index in [0.717, 1.165) is 12.8 Å². The number of hydrogen-bond donors (Lipinski definition) is 0. The Hall–Kier alpha value is -4.42. The van der Waals surface area contributed by atoms with Gasteiger partial charge in [-0.05, 0) is 73.8 Å². The smallest absolute Gasteiger partial charge is 0.00668 e. The highest BCUT2D eigenvalue weighted by molar-refractivity contribution is 6.00. The van der Waals surface area contributed by atoms with Crippen molar-refractivity contribution in [1.82, 2.24) is 0 Å². The summed E-state index contributed by atoms with van der Waals surface area (Å²) in [5.41, 5.74) is 8.03. The summed E-state index contributed by atoms with van der Waals surface area (Å²) in [6, 6.07) is 48.3. The van der Waals surface area contributed by atoms with Gasteiger partial charge in [0.05, 0.1) is 0 Å². The molecule has 0 aliphatic carbocycles. The van der Waals surface area contributed by atoms with Gasteiger partial charge in [0, 0.05) is 0 Å². The molecule has 0 nitrogen and oxygen atoms in total. The third kappa shape index (κ3) is 4.59. The molecule has 0 fully saturated rings. The molecule has 0 bridgehead atoms. The molecule has 0 amide bonds. The first kappa shape index (κ1) is 23.3. The van der Waals surface area contributed by atoms with Crippen LogP contribution in [0.15, 0.2) is 147 Å². The molecular formula is C36H30. The van der Waals surface area contributed by atoms with Gasteiger partial charge in [-0.1, -0.05) is 127 Å². The van der Waals surface area contributed by atoms with Gasteiger partial charge in [0.1, 0.15) is 0 Å². The number of fused-ring (bicyclic) bond motifs is 2. The fourth-order valence-corrected chi connectivity index (χ4v) is 5.23. The Morgan fingerprint density at radius 2 is 1.00 bits per heavy atom. The zero-order valence-corrected chi connectivity index (χ0v) is 20.5. The molecule has 0 heterocycles. The van der Waals surface area contributed by atoms with Crippen LogP contribution in [0.2, 0.25) is 0 Å². The van der Waals surface area contributed by atoms with Crippen LogP contribution >= 0.6 is 0 Å². The lowest BCUT2D eigenvalue weighted by molar-refractivity contribution is 0.980. The van der Waals surface area contributed by atoms with Crippen molar-refractivity contribution in [3.63, 3.8) is 0 Å². The number of benzene rings is 6. The van der Waals surface area contributed by atoms with E-state index in [4.69, 9.17) is 0 Å². The summed E-state index contributed by atoms with van der Waals surface area (Å²) in [5.74, 6) is 0. The van der Waals surface area contributed by atoms with Crippen molar-refractivity contribution < 1.29 is 0 Å². The molecule has 0 heteroatoms. The number of rotatable bonds is 5. The molecule has 6 aromatic carbocycles. The normalized spacial score (nSPS) is 10.7. The predicted octanol–water partition coefficient (Wildman–Crippen LogP) is 9.91. The Morgan fingerprint density at radius 3 is 1.72 bits per heavy atom. The van der Waals surface area contributed by atoms with E-state index >= 15 is 0 Å². The fraction of sp³-hybridized carbons (Fsp3) is 0.0556. The van der Waals surface area contributed by atoms with Crippen molar-refractivity contribution in [2.75, 3.05) is 0 Å². The predicted molar refractivity (Wildman–Crippen MR) is 157 cm³/mol. The van der Waals surface area contributed by atoms with Gasteiger partial charge >= 0.3 is 0 Å². The van der Waals surface area contributed by atoms with E-state index < -0.39 is 0 Å². The van der Waals surface area contributed by atoms with Crippen molar-refractivity contribution in [2.45, 2.75) is 12.8 Å². The van der Waals surface area contributed by atoms with Crippen LogP contribution in [0.3, 0.4) is 0 Å². The van der Waals surface area contributed by atoms with Crippen molar-refractivity contribution >= 4 is 21.5 Å². The molecule has 6 rings (SSSR count). The second kappa shape index (κ2) is 10.9. The summed E-state index contributed by atoms with van der Waals surface area (Å²) in [6.45, 7) is 6.00. The molecule has 0 aromatic heterocycles. The zero-order chi connectivity index (χ0) is 24.7. The summed E-state index contributed by atoms with van der Waals surface area (Å²) < 4.78 is 0. The molecule has 0 saturated heterocycles. The van der Waals surface area contributed by atoms with Crippen LogP contribution in [0.25, 0.3) is 43.8 Å². The van der Waals surface area contributed by atoms with Gasteiger partial charge in [-0.2, -0.15) is 0 Å². The lowest BCUT2D eigenvalue weighted by atomic mass is 9.84.